The largest absolute Gasteiger partial charge is 0.392 e. The molecule has 3 atom stereocenters. The summed E-state index contributed by atoms with van der Waals surface area (Å²) in [6.07, 6.45) is 2.90. The van der Waals surface area contributed by atoms with Crippen LogP contribution in [0.15, 0.2) is 24.3 Å². The summed E-state index contributed by atoms with van der Waals surface area (Å²) in [5.74, 6) is 0. The molecule has 3 heteroatoms. The molecule has 19 heavy (non-hydrogen) atoms. The third-order valence-electron chi connectivity index (χ3n) is 4.47. The van der Waals surface area contributed by atoms with Gasteiger partial charge in [-0.3, -0.25) is 0 Å². The summed E-state index contributed by atoms with van der Waals surface area (Å²) in [6, 6.07) is 8.81. The number of aliphatic hydroxyl groups is 1. The highest BCUT2D eigenvalue weighted by Crippen LogP contribution is 2.42. The van der Waals surface area contributed by atoms with E-state index in [-0.39, 0.29) is 11.5 Å². The molecule has 2 rings (SSSR count). The van der Waals surface area contributed by atoms with Crippen molar-refractivity contribution in [2.75, 3.05) is 0 Å². The lowest BCUT2D eigenvalue weighted by atomic mass is 9.64. The van der Waals surface area contributed by atoms with Crippen LogP contribution in [-0.4, -0.2) is 17.3 Å². The first-order valence-electron chi connectivity index (χ1n) is 7.14. The maximum atomic E-state index is 9.84. The number of aliphatic hydroxyl groups excluding tert-OH is 1. The third-order valence-corrected chi connectivity index (χ3v) is 4.72. The molecule has 0 heterocycles. The summed E-state index contributed by atoms with van der Waals surface area (Å²) in [4.78, 5) is 0. The minimum absolute atomic E-state index is 0.0293. The first kappa shape index (κ1) is 14.8. The molecule has 2 nitrogen and oxygen atoms in total. The lowest BCUT2D eigenvalue weighted by Crippen LogP contribution is -2.60. The van der Waals surface area contributed by atoms with E-state index in [9.17, 15) is 5.11 Å². The minimum Gasteiger partial charge on any atom is -0.392 e. The standard InChI is InChI=1S/C16H24ClNO/c1-4-5-13(11-6-8-12(17)9-7-11)18-14-10-15(19)16(14,2)3/h6-9,13-15,18-19H,4-5,10H2,1-3H3. The summed E-state index contributed by atoms with van der Waals surface area (Å²) in [5, 5.41) is 14.3. The van der Waals surface area contributed by atoms with E-state index >= 15 is 0 Å². The van der Waals surface area contributed by atoms with Gasteiger partial charge in [0.15, 0.2) is 0 Å². The van der Waals surface area contributed by atoms with Gasteiger partial charge < -0.3 is 10.4 Å². The van der Waals surface area contributed by atoms with Gasteiger partial charge in [-0.15, -0.1) is 0 Å². The molecule has 1 saturated carbocycles. The zero-order chi connectivity index (χ0) is 14.0. The Hall–Kier alpha value is -0.570. The van der Waals surface area contributed by atoms with Crippen LogP contribution in [-0.2, 0) is 0 Å². The van der Waals surface area contributed by atoms with Crippen LogP contribution in [0.5, 0.6) is 0 Å². The number of benzene rings is 1. The highest BCUT2D eigenvalue weighted by molar-refractivity contribution is 6.30. The van der Waals surface area contributed by atoms with Gasteiger partial charge in [0, 0.05) is 22.5 Å². The molecule has 0 radical (unpaired) electrons. The fraction of sp³-hybridized carbons (Fsp3) is 0.625. The summed E-state index contributed by atoms with van der Waals surface area (Å²) >= 11 is 5.95. The Morgan fingerprint density at radius 2 is 2.00 bits per heavy atom. The second-order valence-corrected chi connectivity index (χ2v) is 6.62. The molecule has 0 spiro atoms. The fourth-order valence-corrected chi connectivity index (χ4v) is 2.88. The van der Waals surface area contributed by atoms with Crippen LogP contribution >= 0.6 is 11.6 Å². The molecular formula is C16H24ClNO. The molecule has 1 aromatic carbocycles. The molecule has 0 aliphatic heterocycles. The van der Waals surface area contributed by atoms with Crippen molar-refractivity contribution >= 4 is 11.6 Å². The van der Waals surface area contributed by atoms with Crippen LogP contribution in [0.2, 0.25) is 5.02 Å². The van der Waals surface area contributed by atoms with Crippen LogP contribution in [0.25, 0.3) is 0 Å². The zero-order valence-electron chi connectivity index (χ0n) is 12.0. The number of nitrogens with one attached hydrogen (secondary N) is 1. The Balaban J connectivity index is 2.07. The van der Waals surface area contributed by atoms with Crippen molar-refractivity contribution in [2.45, 2.75) is 58.2 Å². The number of rotatable bonds is 5. The Bertz CT molecular complexity index is 415. The van der Waals surface area contributed by atoms with Gasteiger partial charge in [0.1, 0.15) is 0 Å². The first-order valence-corrected chi connectivity index (χ1v) is 7.52. The highest BCUT2D eigenvalue weighted by atomic mass is 35.5. The molecule has 106 valence electrons. The molecule has 3 unspecified atom stereocenters. The van der Waals surface area contributed by atoms with E-state index in [1.54, 1.807) is 0 Å². The molecule has 0 aromatic heterocycles. The van der Waals surface area contributed by atoms with Gasteiger partial charge in [0.05, 0.1) is 6.10 Å². The topological polar surface area (TPSA) is 32.3 Å². The van der Waals surface area contributed by atoms with Crippen molar-refractivity contribution in [1.82, 2.24) is 5.32 Å². The molecular weight excluding hydrogens is 258 g/mol. The maximum Gasteiger partial charge on any atom is 0.0621 e. The normalized spacial score (nSPS) is 26.8. The quantitative estimate of drug-likeness (QED) is 0.857. The summed E-state index contributed by atoms with van der Waals surface area (Å²) < 4.78 is 0. The predicted octanol–water partition coefficient (Wildman–Crippen LogP) is 3.93. The Morgan fingerprint density at radius 1 is 1.37 bits per heavy atom. The van der Waals surface area contributed by atoms with E-state index in [2.05, 4.69) is 38.2 Å². The van der Waals surface area contributed by atoms with Crippen LogP contribution in [0.1, 0.15) is 51.6 Å². The molecule has 0 bridgehead atoms. The van der Waals surface area contributed by atoms with Crippen LogP contribution in [0.3, 0.4) is 0 Å². The second-order valence-electron chi connectivity index (χ2n) is 6.18. The monoisotopic (exact) mass is 281 g/mol. The van der Waals surface area contributed by atoms with Gasteiger partial charge in [-0.25, -0.2) is 0 Å². The fourth-order valence-electron chi connectivity index (χ4n) is 2.76. The minimum atomic E-state index is -0.183. The van der Waals surface area contributed by atoms with Gasteiger partial charge in [-0.2, -0.15) is 0 Å². The number of hydrogen-bond acceptors (Lipinski definition) is 2. The Kier molecular flexibility index (Phi) is 4.54. The van der Waals surface area contributed by atoms with Gasteiger partial charge in [0.25, 0.3) is 0 Å². The van der Waals surface area contributed by atoms with E-state index in [0.29, 0.717) is 12.1 Å². The van der Waals surface area contributed by atoms with E-state index in [1.807, 2.05) is 12.1 Å². The lowest BCUT2D eigenvalue weighted by molar-refractivity contribution is -0.0763. The van der Waals surface area contributed by atoms with Gasteiger partial charge in [0.2, 0.25) is 0 Å². The average Bonchev–Trinajstić information content (AvgIpc) is 2.38. The van der Waals surface area contributed by atoms with Gasteiger partial charge in [-0.05, 0) is 30.5 Å². The van der Waals surface area contributed by atoms with E-state index in [4.69, 9.17) is 11.6 Å². The van der Waals surface area contributed by atoms with Crippen LogP contribution < -0.4 is 5.32 Å². The van der Waals surface area contributed by atoms with Crippen molar-refractivity contribution in [3.63, 3.8) is 0 Å². The van der Waals surface area contributed by atoms with Crippen molar-refractivity contribution in [3.8, 4) is 0 Å². The zero-order valence-corrected chi connectivity index (χ0v) is 12.7. The Labute approximate surface area is 121 Å². The number of hydrogen-bond donors (Lipinski definition) is 2. The molecule has 2 N–H and O–H groups in total. The number of halogens is 1. The molecule has 1 aliphatic carbocycles. The van der Waals surface area contributed by atoms with Gasteiger partial charge in [-0.1, -0.05) is 50.9 Å². The van der Waals surface area contributed by atoms with Crippen LogP contribution in [0, 0.1) is 5.41 Å². The molecule has 1 fully saturated rings. The maximum absolute atomic E-state index is 9.84. The first-order chi connectivity index (χ1) is 8.95. The highest BCUT2D eigenvalue weighted by Gasteiger charge is 2.47. The average molecular weight is 282 g/mol. The SMILES string of the molecule is CCCC(NC1CC(O)C1(C)C)c1ccc(Cl)cc1. The summed E-state index contributed by atoms with van der Waals surface area (Å²) in [7, 11) is 0. The van der Waals surface area contributed by atoms with Crippen molar-refractivity contribution < 1.29 is 5.11 Å². The van der Waals surface area contributed by atoms with Crippen LogP contribution in [0.4, 0.5) is 0 Å². The Morgan fingerprint density at radius 3 is 2.47 bits per heavy atom. The van der Waals surface area contributed by atoms with Crippen molar-refractivity contribution in [1.29, 1.82) is 0 Å². The lowest BCUT2D eigenvalue weighted by Gasteiger charge is -2.51. The predicted molar refractivity (Wildman–Crippen MR) is 80.4 cm³/mol. The molecule has 1 aromatic rings. The molecule has 1 aliphatic rings. The van der Waals surface area contributed by atoms with Crippen molar-refractivity contribution in [3.05, 3.63) is 34.9 Å². The van der Waals surface area contributed by atoms with Gasteiger partial charge >= 0.3 is 0 Å². The van der Waals surface area contributed by atoms with E-state index in [1.165, 1.54) is 5.56 Å². The summed E-state index contributed by atoms with van der Waals surface area (Å²) in [5.41, 5.74) is 1.25. The second kappa shape index (κ2) is 5.82. The summed E-state index contributed by atoms with van der Waals surface area (Å²) in [6.45, 7) is 6.46. The molecule has 0 saturated heterocycles. The van der Waals surface area contributed by atoms with Crippen molar-refractivity contribution in [2.24, 2.45) is 5.41 Å². The third kappa shape index (κ3) is 3.13. The van der Waals surface area contributed by atoms with E-state index in [0.717, 1.165) is 24.3 Å². The smallest absolute Gasteiger partial charge is 0.0621 e. The van der Waals surface area contributed by atoms with E-state index < -0.39 is 0 Å². The molecule has 0 amide bonds.